The second-order valence-corrected chi connectivity index (χ2v) is 10.6. The van der Waals surface area contributed by atoms with Gasteiger partial charge in [-0.1, -0.05) is 90.3 Å². The number of nitrogens with zero attached hydrogens (tertiary/aromatic N) is 3. The molecular formula is C31H17N3S2. The van der Waals surface area contributed by atoms with Crippen molar-refractivity contribution >= 4 is 45.3 Å². The van der Waals surface area contributed by atoms with Gasteiger partial charge in [-0.3, -0.25) is 0 Å². The fraction of sp³-hybridized carbons (Fsp3) is 0. The number of aromatic nitrogens is 2. The maximum absolute atomic E-state index is 9.16. The molecule has 0 spiro atoms. The monoisotopic (exact) mass is 495 g/mol. The lowest BCUT2D eigenvalue weighted by molar-refractivity contribution is 0.953. The molecule has 0 atom stereocenters. The highest BCUT2D eigenvalue weighted by molar-refractivity contribution is 8.05. The Morgan fingerprint density at radius 2 is 1.11 bits per heavy atom. The summed E-state index contributed by atoms with van der Waals surface area (Å²) in [5.41, 5.74) is 7.18. The molecule has 0 saturated carbocycles. The van der Waals surface area contributed by atoms with Gasteiger partial charge in [-0.15, -0.1) is 0 Å². The molecule has 0 saturated heterocycles. The van der Waals surface area contributed by atoms with E-state index in [1.807, 2.05) is 48.5 Å². The normalized spacial score (nSPS) is 12.2. The van der Waals surface area contributed by atoms with Gasteiger partial charge >= 0.3 is 0 Å². The molecule has 2 heterocycles. The molecule has 1 aromatic heterocycles. The Morgan fingerprint density at radius 1 is 0.556 bits per heavy atom. The molecule has 168 valence electrons. The van der Waals surface area contributed by atoms with E-state index < -0.39 is 0 Å². The highest BCUT2D eigenvalue weighted by Crippen LogP contribution is 2.48. The van der Waals surface area contributed by atoms with Crippen LogP contribution in [0.15, 0.2) is 123 Å². The van der Waals surface area contributed by atoms with Gasteiger partial charge in [-0.2, -0.15) is 5.26 Å². The van der Waals surface area contributed by atoms with E-state index >= 15 is 0 Å². The second-order valence-electron chi connectivity index (χ2n) is 8.58. The lowest BCUT2D eigenvalue weighted by Gasteiger charge is -2.19. The summed E-state index contributed by atoms with van der Waals surface area (Å²) in [6, 6.07) is 37.6. The quantitative estimate of drug-likeness (QED) is 0.240. The van der Waals surface area contributed by atoms with Crippen molar-refractivity contribution in [1.29, 1.82) is 5.26 Å². The van der Waals surface area contributed by atoms with E-state index in [2.05, 4.69) is 60.7 Å². The Labute approximate surface area is 216 Å². The van der Waals surface area contributed by atoms with Crippen LogP contribution in [0.2, 0.25) is 0 Å². The number of hydrogen-bond donors (Lipinski definition) is 0. The van der Waals surface area contributed by atoms with E-state index in [0.29, 0.717) is 5.56 Å². The zero-order chi connectivity index (χ0) is 24.1. The number of fused-ring (bicyclic) bond motifs is 4. The van der Waals surface area contributed by atoms with Crippen molar-refractivity contribution in [3.63, 3.8) is 0 Å². The summed E-state index contributed by atoms with van der Waals surface area (Å²) in [7, 11) is 0. The van der Waals surface area contributed by atoms with Crippen LogP contribution in [-0.2, 0) is 0 Å². The number of benzene rings is 5. The van der Waals surface area contributed by atoms with Crippen molar-refractivity contribution in [3.8, 4) is 28.3 Å². The van der Waals surface area contributed by atoms with Gasteiger partial charge in [0.2, 0.25) is 0 Å². The van der Waals surface area contributed by atoms with E-state index in [1.54, 1.807) is 23.5 Å². The van der Waals surface area contributed by atoms with E-state index in [-0.39, 0.29) is 0 Å². The minimum absolute atomic E-state index is 0.670. The highest BCUT2D eigenvalue weighted by Gasteiger charge is 2.21. The average molecular weight is 496 g/mol. The molecule has 1 aliphatic rings. The fourth-order valence-corrected chi connectivity index (χ4v) is 6.80. The van der Waals surface area contributed by atoms with E-state index in [1.165, 1.54) is 31.7 Å². The van der Waals surface area contributed by atoms with E-state index in [0.717, 1.165) is 32.2 Å². The van der Waals surface area contributed by atoms with Gasteiger partial charge < -0.3 is 0 Å². The number of rotatable bonds is 2. The molecule has 0 amide bonds. The summed E-state index contributed by atoms with van der Waals surface area (Å²) in [5.74, 6) is 0. The minimum Gasteiger partial charge on any atom is -0.237 e. The van der Waals surface area contributed by atoms with Crippen molar-refractivity contribution < 1.29 is 0 Å². The first-order valence-electron chi connectivity index (χ1n) is 11.6. The Kier molecular flexibility index (Phi) is 5.02. The van der Waals surface area contributed by atoms with Gasteiger partial charge in [0.15, 0.2) is 0 Å². The molecule has 0 aliphatic carbocycles. The SMILES string of the molecule is N#Cc1ccc(-c2ccc(-c3ccc4c(c3)Sc3nc5ccccc5nc3S4)c3ccccc23)cc1. The van der Waals surface area contributed by atoms with Crippen molar-refractivity contribution in [1.82, 2.24) is 9.97 Å². The molecule has 0 radical (unpaired) electrons. The average Bonchev–Trinajstić information content (AvgIpc) is 2.94. The van der Waals surface area contributed by atoms with Crippen molar-refractivity contribution in [2.45, 2.75) is 19.8 Å². The molecule has 36 heavy (non-hydrogen) atoms. The van der Waals surface area contributed by atoms with Crippen LogP contribution in [0.1, 0.15) is 5.56 Å². The topological polar surface area (TPSA) is 49.6 Å². The third kappa shape index (κ3) is 3.54. The molecule has 0 unspecified atom stereocenters. The van der Waals surface area contributed by atoms with Crippen LogP contribution in [-0.4, -0.2) is 9.97 Å². The van der Waals surface area contributed by atoms with E-state index in [4.69, 9.17) is 15.2 Å². The molecule has 0 N–H and O–H groups in total. The van der Waals surface area contributed by atoms with Gasteiger partial charge in [0.25, 0.3) is 0 Å². The predicted octanol–water partition coefficient (Wildman–Crippen LogP) is 8.60. The van der Waals surface area contributed by atoms with Crippen LogP contribution in [0, 0.1) is 11.3 Å². The van der Waals surface area contributed by atoms with Gasteiger partial charge in [0.05, 0.1) is 22.7 Å². The van der Waals surface area contributed by atoms with Crippen LogP contribution in [0.5, 0.6) is 0 Å². The van der Waals surface area contributed by atoms with Crippen LogP contribution in [0.3, 0.4) is 0 Å². The molecular weight excluding hydrogens is 478 g/mol. The molecule has 1 aliphatic heterocycles. The molecule has 0 bridgehead atoms. The molecule has 6 aromatic rings. The van der Waals surface area contributed by atoms with Crippen LogP contribution < -0.4 is 0 Å². The Bertz CT molecular complexity index is 1850. The lowest BCUT2D eigenvalue weighted by Crippen LogP contribution is -1.97. The molecule has 7 rings (SSSR count). The Balaban J connectivity index is 1.31. The summed E-state index contributed by atoms with van der Waals surface area (Å²) in [4.78, 5) is 12.1. The second kappa shape index (κ2) is 8.53. The smallest absolute Gasteiger partial charge is 0.134 e. The predicted molar refractivity (Wildman–Crippen MR) is 147 cm³/mol. The van der Waals surface area contributed by atoms with Gasteiger partial charge in [0.1, 0.15) is 10.1 Å². The third-order valence-electron chi connectivity index (χ3n) is 6.43. The third-order valence-corrected chi connectivity index (χ3v) is 8.77. The first-order valence-corrected chi connectivity index (χ1v) is 13.2. The Hall–Kier alpha value is -4.11. The summed E-state index contributed by atoms with van der Waals surface area (Å²) in [6.45, 7) is 0. The van der Waals surface area contributed by atoms with Crippen molar-refractivity contribution in [2.24, 2.45) is 0 Å². The van der Waals surface area contributed by atoms with Crippen LogP contribution in [0.25, 0.3) is 44.1 Å². The van der Waals surface area contributed by atoms with Crippen LogP contribution in [0.4, 0.5) is 0 Å². The maximum atomic E-state index is 9.16. The molecule has 5 heteroatoms. The lowest BCUT2D eigenvalue weighted by atomic mass is 9.92. The van der Waals surface area contributed by atoms with E-state index in [9.17, 15) is 0 Å². The van der Waals surface area contributed by atoms with Gasteiger partial charge in [0, 0.05) is 9.79 Å². The number of para-hydroxylation sites is 2. The maximum Gasteiger partial charge on any atom is 0.134 e. The first-order chi connectivity index (χ1) is 17.8. The zero-order valence-electron chi connectivity index (χ0n) is 19.0. The Morgan fingerprint density at radius 3 is 1.75 bits per heavy atom. The number of hydrogen-bond acceptors (Lipinski definition) is 5. The minimum atomic E-state index is 0.670. The summed E-state index contributed by atoms with van der Waals surface area (Å²) in [6.07, 6.45) is 0. The highest BCUT2D eigenvalue weighted by atomic mass is 32.2. The van der Waals surface area contributed by atoms with Crippen molar-refractivity contribution in [2.75, 3.05) is 0 Å². The van der Waals surface area contributed by atoms with Gasteiger partial charge in [-0.25, -0.2) is 9.97 Å². The first kappa shape index (κ1) is 21.2. The molecule has 0 fully saturated rings. The van der Waals surface area contributed by atoms with Gasteiger partial charge in [-0.05, 0) is 69.4 Å². The summed E-state index contributed by atoms with van der Waals surface area (Å²) >= 11 is 3.38. The standard InChI is InChI=1S/C31H17N3S2/c32-18-19-9-11-20(12-10-19)22-14-15-23(25-6-2-1-5-24(22)25)21-13-16-28-29(17-21)36-31-30(35-28)33-26-7-3-4-8-27(26)34-31/h1-17H. The van der Waals surface area contributed by atoms with Crippen LogP contribution >= 0.6 is 23.5 Å². The zero-order valence-corrected chi connectivity index (χ0v) is 20.6. The largest absolute Gasteiger partial charge is 0.237 e. The molecule has 5 aromatic carbocycles. The molecule has 3 nitrogen and oxygen atoms in total. The summed E-state index contributed by atoms with van der Waals surface area (Å²) in [5, 5.41) is 13.5. The number of nitriles is 1. The summed E-state index contributed by atoms with van der Waals surface area (Å²) < 4.78 is 0. The fourth-order valence-electron chi connectivity index (χ4n) is 4.68. The van der Waals surface area contributed by atoms with Crippen molar-refractivity contribution in [3.05, 3.63) is 109 Å².